The Balaban J connectivity index is 1.72. The summed E-state index contributed by atoms with van der Waals surface area (Å²) in [5.41, 5.74) is 38.6. The van der Waals surface area contributed by atoms with Crippen molar-refractivity contribution < 1.29 is 33.5 Å². The van der Waals surface area contributed by atoms with Gasteiger partial charge in [-0.25, -0.2) is 0 Å². The van der Waals surface area contributed by atoms with Gasteiger partial charge in [0.25, 0.3) is 0 Å². The molecule has 0 radical (unpaired) electrons. The molecule has 2 aromatic carbocycles. The van der Waals surface area contributed by atoms with Crippen LogP contribution in [0.2, 0.25) is 0 Å². The van der Waals surface area contributed by atoms with Crippen molar-refractivity contribution in [3.05, 3.63) is 114 Å². The average Bonchev–Trinajstić information content (AvgIpc) is 3.08. The molecular weight excluding hydrogens is 604 g/mol. The first-order chi connectivity index (χ1) is 22.5. The van der Waals surface area contributed by atoms with Gasteiger partial charge in [0, 0.05) is 26.8 Å². The first-order valence-electron chi connectivity index (χ1n) is 14.1. The minimum atomic E-state index is -1.52. The number of benzene rings is 2. The lowest BCUT2D eigenvalue weighted by atomic mass is 9.94. The van der Waals surface area contributed by atoms with Crippen molar-refractivity contribution in [2.45, 2.75) is 74.5 Å². The van der Waals surface area contributed by atoms with Crippen molar-refractivity contribution >= 4 is 0 Å². The van der Waals surface area contributed by atoms with E-state index in [1.165, 1.54) is 7.11 Å². The van der Waals surface area contributed by atoms with Gasteiger partial charge < -0.3 is 33.5 Å². The van der Waals surface area contributed by atoms with E-state index in [4.69, 9.17) is 39.5 Å². The van der Waals surface area contributed by atoms with Gasteiger partial charge >= 0.3 is 0 Å². The quantitative estimate of drug-likeness (QED) is 0.159. The summed E-state index contributed by atoms with van der Waals surface area (Å²) in [7, 11) is 1.29. The van der Waals surface area contributed by atoms with Crippen LogP contribution < -0.4 is 0 Å². The number of hydrogen-bond acceptors (Lipinski definition) is 11. The number of ether oxygens (including phenoxy) is 6. The van der Waals surface area contributed by atoms with Crippen molar-refractivity contribution in [2.24, 2.45) is 20.5 Å². The smallest absolute Gasteiger partial charge is 0.169 e. The molecule has 0 aromatic heterocycles. The van der Waals surface area contributed by atoms with E-state index in [9.17, 15) is 16.2 Å². The van der Waals surface area contributed by atoms with E-state index in [-0.39, 0.29) is 26.3 Å². The Morgan fingerprint density at radius 1 is 0.674 bits per heavy atom. The minimum Gasteiger partial charge on any atom is -0.388 e. The van der Waals surface area contributed by atoms with Crippen LogP contribution in [0, 0.1) is 0 Å². The molecule has 2 saturated heterocycles. The van der Waals surface area contributed by atoms with Gasteiger partial charge in [-0.2, -0.15) is 0 Å². The van der Waals surface area contributed by atoms with E-state index in [2.05, 4.69) is 40.1 Å². The van der Waals surface area contributed by atoms with E-state index in [0.29, 0.717) is 0 Å². The van der Waals surface area contributed by atoms with E-state index in [1.54, 1.807) is 0 Å². The Kier molecular flexibility index (Phi) is 13.2. The summed E-state index contributed by atoms with van der Waals surface area (Å²) in [4.78, 5) is 11.4. The molecule has 2 aliphatic heterocycles. The minimum absolute atomic E-state index is 0.0797. The lowest BCUT2D eigenvalue weighted by Crippen LogP contribution is -2.64. The van der Waals surface area contributed by atoms with Crippen LogP contribution in [0.3, 0.4) is 0 Å². The normalized spacial score (nSPS) is 30.5. The molecule has 0 spiro atoms. The van der Waals surface area contributed by atoms with E-state index in [1.807, 2.05) is 60.7 Å². The van der Waals surface area contributed by atoms with Crippen molar-refractivity contribution in [1.29, 1.82) is 0 Å². The summed E-state index contributed by atoms with van der Waals surface area (Å²) in [5, 5.41) is 26.1. The van der Waals surface area contributed by atoms with Crippen molar-refractivity contribution in [3.63, 3.8) is 0 Å². The highest BCUT2D eigenvalue weighted by molar-refractivity contribution is 5.15. The second-order valence-electron chi connectivity index (χ2n) is 10.2. The molecule has 0 unspecified atom stereocenters. The number of aliphatic hydroxyl groups excluding tert-OH is 1. The van der Waals surface area contributed by atoms with Crippen LogP contribution in [0.1, 0.15) is 11.1 Å². The zero-order valence-corrected chi connectivity index (χ0v) is 24.6. The zero-order chi connectivity index (χ0) is 32.7. The van der Waals surface area contributed by atoms with Crippen molar-refractivity contribution in [2.75, 3.05) is 20.2 Å². The first-order valence-corrected chi connectivity index (χ1v) is 14.1. The fourth-order valence-electron chi connectivity index (χ4n) is 5.24. The number of methoxy groups -OCH3 is 1. The van der Waals surface area contributed by atoms with Gasteiger partial charge in [-0.05, 0) is 33.3 Å². The standard InChI is InChI=1S/C27H32N12O7/c1-41-26-20(34-38-30)24(22(40)18(44-26)12-32-36-28)46-27-21(35-39-31)25(43-15-17-10-6-3-7-11-17)23(19(45-27)13-33-37-29)42-14-16-8-4-2-5-9-16/h2-11,18-27,40H,12-15H2,1H3/t18-,19-,20-,21-,22-,23-,24-,25-,26-,27-/m1/s1. The molecule has 10 atom stereocenters. The van der Waals surface area contributed by atoms with Gasteiger partial charge in [-0.15, -0.1) is 0 Å². The molecule has 0 amide bonds. The lowest BCUT2D eigenvalue weighted by molar-refractivity contribution is -0.322. The fourth-order valence-corrected chi connectivity index (χ4v) is 5.24. The summed E-state index contributed by atoms with van der Waals surface area (Å²) in [5.74, 6) is 0. The topological polar surface area (TPSA) is 271 Å². The molecule has 2 aliphatic rings. The molecular formula is C27H32N12O7. The predicted octanol–water partition coefficient (Wildman–Crippen LogP) is 4.98. The van der Waals surface area contributed by atoms with Gasteiger partial charge in [0.05, 0.1) is 38.5 Å². The maximum absolute atomic E-state index is 11.2. The largest absolute Gasteiger partial charge is 0.388 e. The zero-order valence-electron chi connectivity index (χ0n) is 24.6. The Hall–Kier alpha value is -4.60. The molecule has 2 fully saturated rings. The molecule has 1 N–H and O–H groups in total. The molecule has 2 heterocycles. The van der Waals surface area contributed by atoms with Gasteiger partial charge in [-0.3, -0.25) is 0 Å². The van der Waals surface area contributed by atoms with Crippen LogP contribution in [0.5, 0.6) is 0 Å². The predicted molar refractivity (Wildman–Crippen MR) is 159 cm³/mol. The molecule has 0 bridgehead atoms. The van der Waals surface area contributed by atoms with Gasteiger partial charge in [-0.1, -0.05) is 81.1 Å². The molecule has 46 heavy (non-hydrogen) atoms. The summed E-state index contributed by atoms with van der Waals surface area (Å²) >= 11 is 0. The monoisotopic (exact) mass is 636 g/mol. The SMILES string of the molecule is CO[C@@H]1O[C@H](CN=[N+]=[N-])[C@@H](O)[C@H](O[C@H]2O[C@H](CN=[N+]=[N-])[C@@H](OCc3ccccc3)[C@H](OCc3ccccc3)[C@H]2N=[N+]=[N-])[C@H]1N=[N+]=[N-]. The van der Waals surface area contributed by atoms with Crippen LogP contribution >= 0.6 is 0 Å². The molecule has 4 rings (SSSR count). The highest BCUT2D eigenvalue weighted by Crippen LogP contribution is 2.35. The van der Waals surface area contributed by atoms with E-state index < -0.39 is 61.3 Å². The third-order valence-corrected chi connectivity index (χ3v) is 7.37. The van der Waals surface area contributed by atoms with Crippen LogP contribution in [0.25, 0.3) is 41.8 Å². The average molecular weight is 637 g/mol. The summed E-state index contributed by atoms with van der Waals surface area (Å²) in [6, 6.07) is 16.1. The molecule has 2 aromatic rings. The number of nitrogens with zero attached hydrogens (tertiary/aromatic N) is 12. The number of azide groups is 4. The fraction of sp³-hybridized carbons (Fsp3) is 0.556. The Bertz CT molecular complexity index is 1450. The lowest BCUT2D eigenvalue weighted by Gasteiger charge is -2.48. The first kappa shape index (κ1) is 34.3. The highest BCUT2D eigenvalue weighted by Gasteiger charge is 2.52. The number of aliphatic hydroxyl groups is 1. The van der Waals surface area contributed by atoms with Crippen molar-refractivity contribution in [1.82, 2.24) is 0 Å². The second kappa shape index (κ2) is 17.8. The summed E-state index contributed by atoms with van der Waals surface area (Å²) < 4.78 is 36.2. The van der Waals surface area contributed by atoms with Crippen LogP contribution in [0.4, 0.5) is 0 Å². The molecule has 242 valence electrons. The summed E-state index contributed by atoms with van der Waals surface area (Å²) in [6.07, 6.45) is -9.60. The van der Waals surface area contributed by atoms with Gasteiger partial charge in [0.15, 0.2) is 12.6 Å². The maximum Gasteiger partial charge on any atom is 0.169 e. The van der Waals surface area contributed by atoms with Gasteiger partial charge in [0.2, 0.25) is 0 Å². The molecule has 19 nitrogen and oxygen atoms in total. The Labute approximate surface area is 262 Å². The summed E-state index contributed by atoms with van der Waals surface area (Å²) in [6.45, 7) is -0.324. The molecule has 19 heteroatoms. The highest BCUT2D eigenvalue weighted by atomic mass is 16.7. The molecule has 0 saturated carbocycles. The third kappa shape index (κ3) is 8.77. The third-order valence-electron chi connectivity index (χ3n) is 7.37. The van der Waals surface area contributed by atoms with Crippen LogP contribution in [-0.2, 0) is 41.6 Å². The Morgan fingerprint density at radius 2 is 1.17 bits per heavy atom. The number of rotatable bonds is 15. The number of hydrogen-bond donors (Lipinski definition) is 1. The maximum atomic E-state index is 11.2. The van der Waals surface area contributed by atoms with Crippen LogP contribution in [-0.4, -0.2) is 86.6 Å². The van der Waals surface area contributed by atoms with Crippen LogP contribution in [0.15, 0.2) is 81.1 Å². The molecule has 0 aliphatic carbocycles. The second-order valence-corrected chi connectivity index (χ2v) is 10.2. The van der Waals surface area contributed by atoms with Gasteiger partial charge in [0.1, 0.15) is 36.5 Å². The van der Waals surface area contributed by atoms with E-state index >= 15 is 0 Å². The Morgan fingerprint density at radius 3 is 1.70 bits per heavy atom. The van der Waals surface area contributed by atoms with Crippen molar-refractivity contribution in [3.8, 4) is 0 Å². The van der Waals surface area contributed by atoms with E-state index in [0.717, 1.165) is 11.1 Å².